The van der Waals surface area contributed by atoms with Crippen LogP contribution in [0.15, 0.2) is 12.1 Å². The molecule has 0 saturated carbocycles. The summed E-state index contributed by atoms with van der Waals surface area (Å²) in [5.74, 6) is 0.0970. The number of hydrogen-bond acceptors (Lipinski definition) is 6. The van der Waals surface area contributed by atoms with E-state index in [0.717, 1.165) is 19.5 Å². The summed E-state index contributed by atoms with van der Waals surface area (Å²) in [6, 6.07) is 3.55. The zero-order valence-electron chi connectivity index (χ0n) is 10.6. The maximum atomic E-state index is 11.4. The first-order valence-electron chi connectivity index (χ1n) is 5.90. The standard InChI is InChI=1S/C12H18N4O2/c1-16-6-5-8(7-16)14-11-9(13)3-4-10(15-11)12(17)18-2/h3-4,8H,5-7,13H2,1-2H3,(H,14,15). The lowest BCUT2D eigenvalue weighted by Crippen LogP contribution is -2.25. The van der Waals surface area contributed by atoms with Gasteiger partial charge in [-0.25, -0.2) is 9.78 Å². The molecule has 0 radical (unpaired) electrons. The molecular formula is C12H18N4O2. The monoisotopic (exact) mass is 250 g/mol. The fourth-order valence-electron chi connectivity index (χ4n) is 2.05. The van der Waals surface area contributed by atoms with Gasteiger partial charge in [-0.3, -0.25) is 0 Å². The molecule has 1 saturated heterocycles. The van der Waals surface area contributed by atoms with Gasteiger partial charge in [0.1, 0.15) is 5.82 Å². The van der Waals surface area contributed by atoms with Gasteiger partial charge in [-0.15, -0.1) is 0 Å². The normalized spacial score (nSPS) is 19.8. The first-order chi connectivity index (χ1) is 8.60. The quantitative estimate of drug-likeness (QED) is 0.763. The lowest BCUT2D eigenvalue weighted by atomic mass is 10.2. The average Bonchev–Trinajstić information content (AvgIpc) is 2.76. The van der Waals surface area contributed by atoms with E-state index in [-0.39, 0.29) is 5.69 Å². The zero-order valence-corrected chi connectivity index (χ0v) is 10.6. The Morgan fingerprint density at radius 1 is 1.61 bits per heavy atom. The predicted octanol–water partition coefficient (Wildman–Crippen LogP) is 0.566. The minimum absolute atomic E-state index is 0.264. The number of ether oxygens (including phenoxy) is 1. The highest BCUT2D eigenvalue weighted by atomic mass is 16.5. The topological polar surface area (TPSA) is 80.5 Å². The molecule has 1 aromatic heterocycles. The molecule has 98 valence electrons. The molecule has 0 spiro atoms. The van der Waals surface area contributed by atoms with E-state index in [0.29, 0.717) is 17.5 Å². The number of aromatic nitrogens is 1. The van der Waals surface area contributed by atoms with Gasteiger partial charge in [0.05, 0.1) is 12.8 Å². The molecule has 3 N–H and O–H groups in total. The van der Waals surface area contributed by atoms with Crippen molar-refractivity contribution < 1.29 is 9.53 Å². The molecule has 0 bridgehead atoms. The van der Waals surface area contributed by atoms with Crippen molar-refractivity contribution >= 4 is 17.5 Å². The highest BCUT2D eigenvalue weighted by molar-refractivity contribution is 5.88. The third kappa shape index (κ3) is 2.70. The number of carbonyl (C=O) groups excluding carboxylic acids is 1. The van der Waals surface area contributed by atoms with E-state index in [9.17, 15) is 4.79 Å². The minimum atomic E-state index is -0.457. The Kier molecular flexibility index (Phi) is 3.66. The molecule has 1 aliphatic heterocycles. The van der Waals surface area contributed by atoms with E-state index in [1.54, 1.807) is 12.1 Å². The maximum absolute atomic E-state index is 11.4. The molecule has 1 unspecified atom stereocenters. The van der Waals surface area contributed by atoms with Gasteiger partial charge >= 0.3 is 5.97 Å². The zero-order chi connectivity index (χ0) is 13.1. The smallest absolute Gasteiger partial charge is 0.356 e. The number of likely N-dealkylation sites (tertiary alicyclic amines) is 1. The van der Waals surface area contributed by atoms with Crippen LogP contribution in [0.1, 0.15) is 16.9 Å². The summed E-state index contributed by atoms with van der Waals surface area (Å²) in [6.07, 6.45) is 1.04. The van der Waals surface area contributed by atoms with E-state index in [1.807, 2.05) is 0 Å². The van der Waals surface area contributed by atoms with Crippen LogP contribution in [0.4, 0.5) is 11.5 Å². The molecule has 2 heterocycles. The van der Waals surface area contributed by atoms with Crippen LogP contribution < -0.4 is 11.1 Å². The molecule has 6 heteroatoms. The number of pyridine rings is 1. The van der Waals surface area contributed by atoms with Crippen LogP contribution in [0.5, 0.6) is 0 Å². The van der Waals surface area contributed by atoms with Crippen molar-refractivity contribution in [3.63, 3.8) is 0 Å². The summed E-state index contributed by atoms with van der Waals surface area (Å²) in [6.45, 7) is 2.00. The lowest BCUT2D eigenvalue weighted by molar-refractivity contribution is 0.0594. The first kappa shape index (κ1) is 12.6. The summed E-state index contributed by atoms with van der Waals surface area (Å²) in [5, 5.41) is 3.27. The number of rotatable bonds is 3. The Morgan fingerprint density at radius 3 is 3.00 bits per heavy atom. The van der Waals surface area contributed by atoms with Crippen LogP contribution in [0.3, 0.4) is 0 Å². The number of likely N-dealkylation sites (N-methyl/N-ethyl adjacent to an activating group) is 1. The summed E-state index contributed by atoms with van der Waals surface area (Å²) < 4.78 is 4.64. The number of methoxy groups -OCH3 is 1. The second-order valence-electron chi connectivity index (χ2n) is 4.52. The van der Waals surface area contributed by atoms with E-state index in [1.165, 1.54) is 7.11 Å². The average molecular weight is 250 g/mol. The number of nitrogens with zero attached hydrogens (tertiary/aromatic N) is 2. The number of anilines is 2. The van der Waals surface area contributed by atoms with Crippen LogP contribution in [0, 0.1) is 0 Å². The van der Waals surface area contributed by atoms with Crippen molar-refractivity contribution in [2.45, 2.75) is 12.5 Å². The van der Waals surface area contributed by atoms with Gasteiger partial charge in [-0.05, 0) is 32.1 Å². The Morgan fingerprint density at radius 2 is 2.39 bits per heavy atom. The molecule has 0 aromatic carbocycles. The molecule has 6 nitrogen and oxygen atoms in total. The molecule has 1 fully saturated rings. The highest BCUT2D eigenvalue weighted by Crippen LogP contribution is 2.20. The molecule has 0 aliphatic carbocycles. The summed E-state index contributed by atoms with van der Waals surface area (Å²) in [7, 11) is 3.41. The molecular weight excluding hydrogens is 232 g/mol. The Balaban J connectivity index is 2.13. The predicted molar refractivity (Wildman–Crippen MR) is 69.5 cm³/mol. The highest BCUT2D eigenvalue weighted by Gasteiger charge is 2.20. The van der Waals surface area contributed by atoms with E-state index in [2.05, 4.69) is 27.0 Å². The van der Waals surface area contributed by atoms with Crippen molar-refractivity contribution in [2.24, 2.45) is 0 Å². The van der Waals surface area contributed by atoms with Gasteiger partial charge in [0.2, 0.25) is 0 Å². The maximum Gasteiger partial charge on any atom is 0.356 e. The van der Waals surface area contributed by atoms with Crippen molar-refractivity contribution in [1.82, 2.24) is 9.88 Å². The van der Waals surface area contributed by atoms with E-state index in [4.69, 9.17) is 5.73 Å². The van der Waals surface area contributed by atoms with Crippen molar-refractivity contribution in [3.05, 3.63) is 17.8 Å². The van der Waals surface area contributed by atoms with Crippen LogP contribution in [-0.4, -0.2) is 49.1 Å². The van der Waals surface area contributed by atoms with Gasteiger partial charge in [0, 0.05) is 12.6 Å². The van der Waals surface area contributed by atoms with E-state index < -0.39 is 5.97 Å². The van der Waals surface area contributed by atoms with Gasteiger partial charge in [0.25, 0.3) is 0 Å². The van der Waals surface area contributed by atoms with Crippen LogP contribution >= 0.6 is 0 Å². The third-order valence-corrected chi connectivity index (χ3v) is 3.05. The second-order valence-corrected chi connectivity index (χ2v) is 4.52. The van der Waals surface area contributed by atoms with Crippen LogP contribution in [-0.2, 0) is 4.74 Å². The minimum Gasteiger partial charge on any atom is -0.464 e. The van der Waals surface area contributed by atoms with Gasteiger partial charge in [-0.2, -0.15) is 0 Å². The first-order valence-corrected chi connectivity index (χ1v) is 5.90. The Labute approximate surface area is 106 Å². The number of esters is 1. The van der Waals surface area contributed by atoms with Crippen molar-refractivity contribution in [3.8, 4) is 0 Å². The Hall–Kier alpha value is -1.82. The van der Waals surface area contributed by atoms with Crippen LogP contribution in [0.25, 0.3) is 0 Å². The molecule has 0 amide bonds. The Bertz CT molecular complexity index is 450. The number of carbonyl (C=O) groups is 1. The number of nitrogen functional groups attached to an aromatic ring is 1. The van der Waals surface area contributed by atoms with E-state index >= 15 is 0 Å². The fraction of sp³-hybridized carbons (Fsp3) is 0.500. The number of hydrogen-bond donors (Lipinski definition) is 2. The third-order valence-electron chi connectivity index (χ3n) is 3.05. The largest absolute Gasteiger partial charge is 0.464 e. The molecule has 1 aliphatic rings. The molecule has 18 heavy (non-hydrogen) atoms. The van der Waals surface area contributed by atoms with Crippen molar-refractivity contribution in [2.75, 3.05) is 38.3 Å². The summed E-state index contributed by atoms with van der Waals surface area (Å²) in [5.41, 5.74) is 6.66. The summed E-state index contributed by atoms with van der Waals surface area (Å²) in [4.78, 5) is 17.8. The lowest BCUT2D eigenvalue weighted by Gasteiger charge is -2.15. The second kappa shape index (κ2) is 5.22. The van der Waals surface area contributed by atoms with Gasteiger partial charge in [-0.1, -0.05) is 0 Å². The summed E-state index contributed by atoms with van der Waals surface area (Å²) >= 11 is 0. The fourth-order valence-corrected chi connectivity index (χ4v) is 2.05. The van der Waals surface area contributed by atoms with Gasteiger partial charge in [0.15, 0.2) is 5.69 Å². The number of nitrogens with one attached hydrogen (secondary N) is 1. The SMILES string of the molecule is COC(=O)c1ccc(N)c(NC2CCN(C)C2)n1. The number of nitrogens with two attached hydrogens (primary N) is 1. The molecule has 1 aromatic rings. The van der Waals surface area contributed by atoms with Gasteiger partial charge < -0.3 is 20.7 Å². The van der Waals surface area contributed by atoms with Crippen molar-refractivity contribution in [1.29, 1.82) is 0 Å². The van der Waals surface area contributed by atoms with Crippen LogP contribution in [0.2, 0.25) is 0 Å². The molecule has 2 rings (SSSR count). The molecule has 1 atom stereocenters.